The smallest absolute Gasteiger partial charge is 0.0619 e. The molecule has 0 unspecified atom stereocenters. The maximum absolute atomic E-state index is 9.70. The number of hydrogen-bond acceptors (Lipinski definition) is 0. The van der Waals surface area contributed by atoms with Gasteiger partial charge in [-0.3, -0.25) is 0 Å². The third-order valence-electron chi connectivity index (χ3n) is 11.1. The predicted octanol–water partition coefficient (Wildman–Crippen LogP) is 14.8. The standard InChI is InChI=1S/C53H34/c1-53(2)47-12-4-3-11-43(47)44-24-21-37(30-48(44)53)38-27-39(41-22-17-35-15-13-31-7-5-9-33-19-25-45(41)51(35)49(31)33)29-40(28-38)42-23-18-36-16-14-32-8-6-10-34-20-26-46(42)52(36)50(32)34/h3-30H,1-2H3/i5D,6D,7D,8D,9D,10D,13D,14D,15D,16D,17D,18D,19D,20D,22D,23D,25D,26D. The monoisotopic (exact) mass is 688 g/mol. The highest BCUT2D eigenvalue weighted by atomic mass is 14.4. The van der Waals surface area contributed by atoms with Gasteiger partial charge >= 0.3 is 0 Å². The van der Waals surface area contributed by atoms with Crippen molar-refractivity contribution in [3.05, 3.63) is 181 Å². The zero-order valence-electron chi connectivity index (χ0n) is 46.3. The van der Waals surface area contributed by atoms with Gasteiger partial charge in [0, 0.05) is 5.41 Å². The van der Waals surface area contributed by atoms with E-state index in [4.69, 9.17) is 13.7 Å². The van der Waals surface area contributed by atoms with Crippen LogP contribution in [0, 0.1) is 0 Å². The van der Waals surface area contributed by atoms with Crippen LogP contribution in [0.15, 0.2) is 169 Å². The molecule has 0 N–H and O–H groups in total. The quantitative estimate of drug-likeness (QED) is 0.162. The highest BCUT2D eigenvalue weighted by Crippen LogP contribution is 2.50. The minimum Gasteiger partial charge on any atom is -0.0619 e. The Hall–Kier alpha value is -6.50. The molecule has 246 valence electrons. The maximum atomic E-state index is 9.70. The van der Waals surface area contributed by atoms with Crippen LogP contribution < -0.4 is 0 Å². The first-order valence-corrected chi connectivity index (χ1v) is 17.3. The summed E-state index contributed by atoms with van der Waals surface area (Å²) in [6, 6.07) is 9.31. The Balaban J connectivity index is 1.28. The number of benzene rings is 11. The van der Waals surface area contributed by atoms with Crippen molar-refractivity contribution >= 4 is 64.6 Å². The lowest BCUT2D eigenvalue weighted by Gasteiger charge is -2.22. The van der Waals surface area contributed by atoms with Gasteiger partial charge < -0.3 is 0 Å². The van der Waals surface area contributed by atoms with Gasteiger partial charge in [0.25, 0.3) is 0 Å². The molecule has 53 heavy (non-hydrogen) atoms. The molecular weight excluding hydrogens is 637 g/mol. The average molecular weight is 689 g/mol. The molecule has 0 heteroatoms. The topological polar surface area (TPSA) is 0 Å². The fourth-order valence-electron chi connectivity index (χ4n) is 8.52. The molecule has 0 fully saturated rings. The van der Waals surface area contributed by atoms with E-state index >= 15 is 0 Å². The lowest BCUT2D eigenvalue weighted by atomic mass is 9.81. The second kappa shape index (κ2) is 10.3. The third kappa shape index (κ3) is 3.96. The summed E-state index contributed by atoms with van der Waals surface area (Å²) in [5.74, 6) is 0. The van der Waals surface area contributed by atoms with Crippen molar-refractivity contribution in [2.45, 2.75) is 19.3 Å². The second-order valence-electron chi connectivity index (χ2n) is 14.2. The molecule has 1 aliphatic carbocycles. The summed E-state index contributed by atoms with van der Waals surface area (Å²) in [4.78, 5) is 0. The van der Waals surface area contributed by atoms with E-state index in [1.54, 1.807) is 12.1 Å². The zero-order valence-corrected chi connectivity index (χ0v) is 28.3. The van der Waals surface area contributed by atoms with E-state index in [1.165, 1.54) is 6.07 Å². The highest BCUT2D eigenvalue weighted by molar-refractivity contribution is 6.27. The minimum atomic E-state index is -0.602. The zero-order chi connectivity index (χ0) is 50.7. The lowest BCUT2D eigenvalue weighted by Crippen LogP contribution is -2.14. The van der Waals surface area contributed by atoms with E-state index in [0.717, 1.165) is 22.3 Å². The summed E-state index contributed by atoms with van der Waals surface area (Å²) < 4.78 is 165. The number of rotatable bonds is 3. The van der Waals surface area contributed by atoms with Gasteiger partial charge in [-0.25, -0.2) is 0 Å². The summed E-state index contributed by atoms with van der Waals surface area (Å²) in [5, 5.41) is -1.56. The van der Waals surface area contributed by atoms with Crippen LogP contribution >= 0.6 is 0 Å². The van der Waals surface area contributed by atoms with Crippen LogP contribution in [-0.4, -0.2) is 0 Å². The molecule has 0 aromatic heterocycles. The van der Waals surface area contributed by atoms with Gasteiger partial charge in [-0.1, -0.05) is 159 Å². The average Bonchev–Trinajstić information content (AvgIpc) is 3.57. The van der Waals surface area contributed by atoms with Crippen molar-refractivity contribution in [3.8, 4) is 44.5 Å². The summed E-state index contributed by atoms with van der Waals surface area (Å²) in [5.41, 5.74) is 4.92. The van der Waals surface area contributed by atoms with Gasteiger partial charge in [-0.2, -0.15) is 0 Å². The Kier molecular flexibility index (Phi) is 3.28. The van der Waals surface area contributed by atoms with Gasteiger partial charge in [0.1, 0.15) is 0 Å². The van der Waals surface area contributed by atoms with Gasteiger partial charge in [-0.05, 0) is 145 Å². The first-order chi connectivity index (χ1) is 33.5. The summed E-state index contributed by atoms with van der Waals surface area (Å²) in [6.45, 7) is 4.22. The van der Waals surface area contributed by atoms with E-state index in [-0.39, 0.29) is 86.9 Å². The van der Waals surface area contributed by atoms with Crippen molar-refractivity contribution < 1.29 is 24.7 Å². The van der Waals surface area contributed by atoms with Gasteiger partial charge in [0.05, 0.1) is 24.7 Å². The number of hydrogen-bond donors (Lipinski definition) is 0. The van der Waals surface area contributed by atoms with Crippen LogP contribution in [0.1, 0.15) is 49.6 Å². The van der Waals surface area contributed by atoms with Crippen molar-refractivity contribution in [2.24, 2.45) is 0 Å². The largest absolute Gasteiger partial charge is 0.0630 e. The van der Waals surface area contributed by atoms with Gasteiger partial charge in [0.2, 0.25) is 0 Å². The van der Waals surface area contributed by atoms with E-state index < -0.39 is 114 Å². The van der Waals surface area contributed by atoms with Crippen LogP contribution in [0.25, 0.3) is 109 Å². The van der Waals surface area contributed by atoms with Crippen molar-refractivity contribution in [1.29, 1.82) is 0 Å². The maximum Gasteiger partial charge on any atom is 0.0630 e. The third-order valence-corrected chi connectivity index (χ3v) is 11.1. The first kappa shape index (κ1) is 16.9. The van der Waals surface area contributed by atoms with Crippen LogP contribution in [0.4, 0.5) is 0 Å². The normalized spacial score (nSPS) is 18.4. The molecule has 0 heterocycles. The van der Waals surface area contributed by atoms with Crippen molar-refractivity contribution in [3.63, 3.8) is 0 Å². The molecule has 0 bridgehead atoms. The van der Waals surface area contributed by atoms with E-state index in [0.29, 0.717) is 11.1 Å². The molecule has 0 aliphatic heterocycles. The Morgan fingerprint density at radius 1 is 0.358 bits per heavy atom. The van der Waals surface area contributed by atoms with E-state index in [2.05, 4.69) is 26.0 Å². The van der Waals surface area contributed by atoms with Crippen LogP contribution in [-0.2, 0) is 5.41 Å². The Morgan fingerprint density at radius 3 is 1.38 bits per heavy atom. The summed E-state index contributed by atoms with van der Waals surface area (Å²) in [6.07, 6.45) is 0. The summed E-state index contributed by atoms with van der Waals surface area (Å²) in [7, 11) is 0. The molecule has 1 aliphatic rings. The van der Waals surface area contributed by atoms with E-state index in [1.807, 2.05) is 30.3 Å². The predicted molar refractivity (Wildman–Crippen MR) is 228 cm³/mol. The molecule has 0 spiro atoms. The van der Waals surface area contributed by atoms with E-state index in [9.17, 15) is 11.0 Å². The van der Waals surface area contributed by atoms with Crippen molar-refractivity contribution in [2.75, 3.05) is 0 Å². The molecule has 11 aromatic carbocycles. The molecule has 0 amide bonds. The fourth-order valence-corrected chi connectivity index (χ4v) is 8.52. The summed E-state index contributed by atoms with van der Waals surface area (Å²) >= 11 is 0. The minimum absolute atomic E-state index is 0.0102. The second-order valence-corrected chi connectivity index (χ2v) is 14.2. The van der Waals surface area contributed by atoms with Gasteiger partial charge in [0.15, 0.2) is 0 Å². The lowest BCUT2D eigenvalue weighted by molar-refractivity contribution is 0.660. The van der Waals surface area contributed by atoms with Crippen LogP contribution in [0.2, 0.25) is 0 Å². The van der Waals surface area contributed by atoms with Crippen LogP contribution in [0.5, 0.6) is 0 Å². The molecular formula is C53H34. The van der Waals surface area contributed by atoms with Crippen molar-refractivity contribution in [1.82, 2.24) is 0 Å². The highest BCUT2D eigenvalue weighted by Gasteiger charge is 2.35. The molecule has 11 aromatic rings. The Morgan fingerprint density at radius 2 is 0.811 bits per heavy atom. The molecule has 0 atom stereocenters. The SMILES string of the molecule is [2H]c1c([2H])c2c([2H])c([2H])c3c([2H])c([2H])c(-c4cc(-c5ccc6c(c5)C(C)(C)c5ccccc5-6)cc(-c5c([2H])c([2H])c6c([2H])c([2H])c7c([2H])c([2H])c([2H])c8c([2H])c([2H])c5c6c78)c4)c4c([2H])c([2H])c(c1[2H])c2c34. The van der Waals surface area contributed by atoms with Crippen LogP contribution in [0.3, 0.4) is 0 Å². The molecule has 0 radical (unpaired) electrons. The fraction of sp³-hybridized carbons (Fsp3) is 0.0566. The van der Waals surface area contributed by atoms with Gasteiger partial charge in [-0.15, -0.1) is 0 Å². The Labute approximate surface area is 333 Å². The molecule has 0 saturated carbocycles. The first-order valence-electron chi connectivity index (χ1n) is 26.3. The molecule has 0 nitrogen and oxygen atoms in total. The molecule has 0 saturated heterocycles. The number of fused-ring (bicyclic) bond motifs is 3. The Bertz CT molecular complexity index is 4070. The molecule has 12 rings (SSSR count).